The lowest BCUT2D eigenvalue weighted by atomic mass is 10.2. The number of aromatic hydroxyl groups is 1. The molecule has 0 aliphatic carbocycles. The molecule has 3 rings (SSSR count). The molecule has 5 heteroatoms. The zero-order valence-electron chi connectivity index (χ0n) is 11.5. The van der Waals surface area contributed by atoms with Gasteiger partial charge in [0, 0.05) is 32.2 Å². The van der Waals surface area contributed by atoms with E-state index in [9.17, 15) is 9.90 Å². The van der Waals surface area contributed by atoms with Crippen LogP contribution in [-0.4, -0.2) is 66.2 Å². The molecule has 1 amide bonds. The quantitative estimate of drug-likeness (QED) is 0.873. The van der Waals surface area contributed by atoms with Crippen LogP contribution in [0.1, 0.15) is 16.8 Å². The average Bonchev–Trinajstić information content (AvgIpc) is 2.98. The number of ether oxygens (including phenoxy) is 1. The van der Waals surface area contributed by atoms with E-state index in [2.05, 4.69) is 4.90 Å². The Bertz CT molecular complexity index is 486. The molecule has 0 bridgehead atoms. The molecule has 2 aliphatic heterocycles. The second-order valence-corrected chi connectivity index (χ2v) is 5.36. The molecule has 2 fully saturated rings. The highest BCUT2D eigenvalue weighted by Gasteiger charge is 2.32. The van der Waals surface area contributed by atoms with Gasteiger partial charge in [-0.1, -0.05) is 12.1 Å². The van der Waals surface area contributed by atoms with Crippen molar-refractivity contribution in [3.63, 3.8) is 0 Å². The summed E-state index contributed by atoms with van der Waals surface area (Å²) in [5, 5.41) is 9.78. The fourth-order valence-corrected chi connectivity index (χ4v) is 2.99. The largest absolute Gasteiger partial charge is 0.507 e. The van der Waals surface area contributed by atoms with E-state index in [0.29, 0.717) is 11.6 Å². The summed E-state index contributed by atoms with van der Waals surface area (Å²) in [5.41, 5.74) is 0.398. The van der Waals surface area contributed by atoms with Crippen molar-refractivity contribution in [3.8, 4) is 5.75 Å². The monoisotopic (exact) mass is 276 g/mol. The van der Waals surface area contributed by atoms with Gasteiger partial charge in [-0.05, 0) is 18.6 Å². The van der Waals surface area contributed by atoms with E-state index < -0.39 is 0 Å². The van der Waals surface area contributed by atoms with Gasteiger partial charge in [-0.3, -0.25) is 9.69 Å². The van der Waals surface area contributed by atoms with Gasteiger partial charge in [-0.2, -0.15) is 0 Å². The van der Waals surface area contributed by atoms with E-state index in [0.717, 1.165) is 45.8 Å². The van der Waals surface area contributed by atoms with Gasteiger partial charge in [-0.25, -0.2) is 0 Å². The lowest BCUT2D eigenvalue weighted by Gasteiger charge is -2.32. The fraction of sp³-hybridized carbons (Fsp3) is 0.533. The number of likely N-dealkylation sites (tertiary alicyclic amines) is 1. The Hall–Kier alpha value is -1.59. The summed E-state index contributed by atoms with van der Waals surface area (Å²) in [6.45, 7) is 4.96. The molecule has 1 aromatic rings. The van der Waals surface area contributed by atoms with Crippen molar-refractivity contribution in [1.82, 2.24) is 9.80 Å². The van der Waals surface area contributed by atoms with Gasteiger partial charge in [0.15, 0.2) is 0 Å². The number of morpholine rings is 1. The Balaban J connectivity index is 1.65. The number of carbonyl (C=O) groups is 1. The molecule has 108 valence electrons. The topological polar surface area (TPSA) is 53.0 Å². The molecule has 0 spiro atoms. The highest BCUT2D eigenvalue weighted by atomic mass is 16.5. The maximum Gasteiger partial charge on any atom is 0.257 e. The van der Waals surface area contributed by atoms with Crippen LogP contribution in [0.15, 0.2) is 24.3 Å². The van der Waals surface area contributed by atoms with E-state index in [1.165, 1.54) is 0 Å². The predicted molar refractivity (Wildman–Crippen MR) is 74.8 cm³/mol. The van der Waals surface area contributed by atoms with Crippen molar-refractivity contribution in [2.45, 2.75) is 12.5 Å². The number of benzene rings is 1. The van der Waals surface area contributed by atoms with Crippen molar-refractivity contribution in [1.29, 1.82) is 0 Å². The molecular weight excluding hydrogens is 256 g/mol. The summed E-state index contributed by atoms with van der Waals surface area (Å²) in [4.78, 5) is 16.7. The molecule has 0 aromatic heterocycles. The molecule has 5 nitrogen and oxygen atoms in total. The van der Waals surface area contributed by atoms with E-state index in [4.69, 9.17) is 4.74 Å². The Labute approximate surface area is 118 Å². The van der Waals surface area contributed by atoms with E-state index in [1.54, 1.807) is 24.3 Å². The number of hydrogen-bond acceptors (Lipinski definition) is 4. The maximum atomic E-state index is 12.4. The summed E-state index contributed by atoms with van der Waals surface area (Å²) in [6, 6.07) is 7.17. The molecule has 1 unspecified atom stereocenters. The van der Waals surface area contributed by atoms with Crippen LogP contribution in [0.25, 0.3) is 0 Å². The Kier molecular flexibility index (Phi) is 3.89. The smallest absolute Gasteiger partial charge is 0.257 e. The third-order valence-electron chi connectivity index (χ3n) is 4.15. The van der Waals surface area contributed by atoms with Crippen LogP contribution in [-0.2, 0) is 4.74 Å². The number of amides is 1. The first-order valence-electron chi connectivity index (χ1n) is 7.15. The lowest BCUT2D eigenvalue weighted by Crippen LogP contribution is -2.45. The van der Waals surface area contributed by atoms with Crippen LogP contribution in [0.5, 0.6) is 5.75 Å². The predicted octanol–water partition coefficient (Wildman–Crippen LogP) is 0.939. The number of nitrogens with zero attached hydrogens (tertiary/aromatic N) is 2. The summed E-state index contributed by atoms with van der Waals surface area (Å²) >= 11 is 0. The third kappa shape index (κ3) is 2.64. The second kappa shape index (κ2) is 5.81. The zero-order chi connectivity index (χ0) is 13.9. The number of para-hydroxylation sites is 1. The summed E-state index contributed by atoms with van der Waals surface area (Å²) < 4.78 is 5.36. The molecular formula is C15H20N2O3. The SMILES string of the molecule is O=C(c1ccccc1O)N1CCC(N2CCOCC2)C1. The first kappa shape index (κ1) is 13.4. The van der Waals surface area contributed by atoms with Gasteiger partial charge in [0.2, 0.25) is 0 Å². The van der Waals surface area contributed by atoms with Gasteiger partial charge in [-0.15, -0.1) is 0 Å². The van der Waals surface area contributed by atoms with Crippen molar-refractivity contribution in [3.05, 3.63) is 29.8 Å². The molecule has 1 N–H and O–H groups in total. The Morgan fingerprint density at radius 2 is 1.95 bits per heavy atom. The molecule has 1 aromatic carbocycles. The zero-order valence-corrected chi connectivity index (χ0v) is 11.5. The molecule has 20 heavy (non-hydrogen) atoms. The second-order valence-electron chi connectivity index (χ2n) is 5.36. The van der Waals surface area contributed by atoms with Crippen LogP contribution >= 0.6 is 0 Å². The Morgan fingerprint density at radius 1 is 1.20 bits per heavy atom. The van der Waals surface area contributed by atoms with Crippen molar-refractivity contribution in [2.24, 2.45) is 0 Å². The number of phenols is 1. The third-order valence-corrected chi connectivity index (χ3v) is 4.15. The van der Waals surface area contributed by atoms with Crippen LogP contribution in [0.4, 0.5) is 0 Å². The Morgan fingerprint density at radius 3 is 2.70 bits per heavy atom. The highest BCUT2D eigenvalue weighted by molar-refractivity contribution is 5.97. The lowest BCUT2D eigenvalue weighted by molar-refractivity contribution is 0.0185. The van der Waals surface area contributed by atoms with Gasteiger partial charge >= 0.3 is 0 Å². The van der Waals surface area contributed by atoms with Crippen LogP contribution in [0.2, 0.25) is 0 Å². The number of carbonyl (C=O) groups excluding carboxylic acids is 1. The molecule has 2 aliphatic rings. The van der Waals surface area contributed by atoms with Crippen molar-refractivity contribution in [2.75, 3.05) is 39.4 Å². The minimum absolute atomic E-state index is 0.0623. The normalized spacial score (nSPS) is 24.0. The van der Waals surface area contributed by atoms with Gasteiger partial charge in [0.05, 0.1) is 18.8 Å². The fourth-order valence-electron chi connectivity index (χ4n) is 2.99. The van der Waals surface area contributed by atoms with Crippen LogP contribution in [0.3, 0.4) is 0 Å². The summed E-state index contributed by atoms with van der Waals surface area (Å²) in [7, 11) is 0. The highest BCUT2D eigenvalue weighted by Crippen LogP contribution is 2.23. The van der Waals surface area contributed by atoms with E-state index in [1.807, 2.05) is 4.90 Å². The molecule has 2 saturated heterocycles. The average molecular weight is 276 g/mol. The minimum Gasteiger partial charge on any atom is -0.507 e. The first-order chi connectivity index (χ1) is 9.75. The molecule has 0 radical (unpaired) electrons. The van der Waals surface area contributed by atoms with Gasteiger partial charge in [0.1, 0.15) is 5.75 Å². The van der Waals surface area contributed by atoms with E-state index in [-0.39, 0.29) is 11.7 Å². The van der Waals surface area contributed by atoms with Crippen LogP contribution < -0.4 is 0 Å². The molecule has 2 heterocycles. The number of phenolic OH excluding ortho intramolecular Hbond substituents is 1. The van der Waals surface area contributed by atoms with Crippen molar-refractivity contribution < 1.29 is 14.6 Å². The summed E-state index contributed by atoms with van der Waals surface area (Å²) in [6.07, 6.45) is 0.999. The molecule has 0 saturated carbocycles. The molecule has 1 atom stereocenters. The van der Waals surface area contributed by atoms with Crippen LogP contribution in [0, 0.1) is 0 Å². The number of rotatable bonds is 2. The van der Waals surface area contributed by atoms with Gasteiger partial charge in [0.25, 0.3) is 5.91 Å². The summed E-state index contributed by atoms with van der Waals surface area (Å²) in [5.74, 6) is -0.00816. The number of hydrogen-bond donors (Lipinski definition) is 1. The van der Waals surface area contributed by atoms with E-state index >= 15 is 0 Å². The standard InChI is InChI=1S/C15H20N2O3/c18-14-4-2-1-3-13(14)15(19)17-6-5-12(11-17)16-7-9-20-10-8-16/h1-4,12,18H,5-11H2. The maximum absolute atomic E-state index is 12.4. The minimum atomic E-state index is -0.0705. The van der Waals surface area contributed by atoms with Crippen molar-refractivity contribution >= 4 is 5.91 Å². The van der Waals surface area contributed by atoms with Gasteiger partial charge < -0.3 is 14.7 Å². The first-order valence-corrected chi connectivity index (χ1v) is 7.15.